The van der Waals surface area contributed by atoms with Crippen LogP contribution in [0.5, 0.6) is 5.75 Å². The second kappa shape index (κ2) is 10.2. The molecular formula is C16H28IN3OS. The number of halogens is 1. The number of thioether (sulfide) groups is 1. The van der Waals surface area contributed by atoms with E-state index < -0.39 is 0 Å². The van der Waals surface area contributed by atoms with Crippen LogP contribution >= 0.6 is 35.7 Å². The summed E-state index contributed by atoms with van der Waals surface area (Å²) in [6.45, 7) is 6.14. The summed E-state index contributed by atoms with van der Waals surface area (Å²) in [5, 5.41) is 3.43. The van der Waals surface area contributed by atoms with Gasteiger partial charge in [0, 0.05) is 31.9 Å². The standard InChI is InChI=1S/C16H27N3OS.HI/c1-16(2,21-6)12-18-15(17-3)19(4)11-13-7-9-14(20-5)10-8-13;/h7-10H,11-12H2,1-6H3,(H,17,18);1H. The molecule has 0 spiro atoms. The number of hydrogen-bond acceptors (Lipinski definition) is 3. The van der Waals surface area contributed by atoms with E-state index in [0.29, 0.717) is 0 Å². The molecule has 0 aliphatic carbocycles. The first-order valence-electron chi connectivity index (χ1n) is 7.01. The Hall–Kier alpha value is -0.630. The fraction of sp³-hybridized carbons (Fsp3) is 0.562. The van der Waals surface area contributed by atoms with E-state index in [1.54, 1.807) is 7.11 Å². The number of nitrogens with zero attached hydrogens (tertiary/aromatic N) is 2. The molecule has 0 heterocycles. The Morgan fingerprint density at radius 2 is 1.91 bits per heavy atom. The summed E-state index contributed by atoms with van der Waals surface area (Å²) in [7, 11) is 5.55. The Balaban J connectivity index is 0.00000441. The molecular weight excluding hydrogens is 409 g/mol. The third-order valence-corrected chi connectivity index (χ3v) is 4.63. The van der Waals surface area contributed by atoms with Crippen LogP contribution in [-0.4, -0.2) is 49.6 Å². The fourth-order valence-corrected chi connectivity index (χ4v) is 2.05. The maximum Gasteiger partial charge on any atom is 0.193 e. The third kappa shape index (κ3) is 7.09. The number of hydrogen-bond donors (Lipinski definition) is 1. The summed E-state index contributed by atoms with van der Waals surface area (Å²) >= 11 is 1.85. The van der Waals surface area contributed by atoms with Crippen LogP contribution in [-0.2, 0) is 6.54 Å². The summed E-state index contributed by atoms with van der Waals surface area (Å²) < 4.78 is 5.37. The summed E-state index contributed by atoms with van der Waals surface area (Å²) in [5.74, 6) is 1.79. The van der Waals surface area contributed by atoms with Gasteiger partial charge in [-0.05, 0) is 37.8 Å². The molecule has 1 N–H and O–H groups in total. The van der Waals surface area contributed by atoms with Gasteiger partial charge in [0.15, 0.2) is 5.96 Å². The zero-order chi connectivity index (χ0) is 15.9. The molecule has 0 fully saturated rings. The molecule has 0 bridgehead atoms. The summed E-state index contributed by atoms with van der Waals surface area (Å²) in [6.07, 6.45) is 2.13. The Morgan fingerprint density at radius 1 is 1.32 bits per heavy atom. The molecule has 4 nitrogen and oxygen atoms in total. The highest BCUT2D eigenvalue weighted by Gasteiger charge is 2.17. The van der Waals surface area contributed by atoms with E-state index in [9.17, 15) is 0 Å². The molecule has 0 radical (unpaired) electrons. The summed E-state index contributed by atoms with van der Waals surface area (Å²) in [6, 6.07) is 8.12. The lowest BCUT2D eigenvalue weighted by atomic mass is 10.2. The van der Waals surface area contributed by atoms with Crippen molar-refractivity contribution < 1.29 is 4.74 Å². The zero-order valence-electron chi connectivity index (χ0n) is 14.3. The average Bonchev–Trinajstić information content (AvgIpc) is 2.48. The van der Waals surface area contributed by atoms with Crippen LogP contribution in [0.25, 0.3) is 0 Å². The Labute approximate surface area is 156 Å². The Kier molecular flexibility index (Phi) is 9.91. The highest BCUT2D eigenvalue weighted by Crippen LogP contribution is 2.19. The molecule has 22 heavy (non-hydrogen) atoms. The predicted molar refractivity (Wildman–Crippen MR) is 109 cm³/mol. The van der Waals surface area contributed by atoms with E-state index in [1.165, 1.54) is 5.56 Å². The van der Waals surface area contributed by atoms with Crippen LogP contribution in [0, 0.1) is 0 Å². The van der Waals surface area contributed by atoms with E-state index in [2.05, 4.69) is 47.4 Å². The van der Waals surface area contributed by atoms with E-state index >= 15 is 0 Å². The largest absolute Gasteiger partial charge is 0.497 e. The smallest absolute Gasteiger partial charge is 0.193 e. The molecule has 0 amide bonds. The van der Waals surface area contributed by atoms with Crippen LogP contribution in [0.3, 0.4) is 0 Å². The van der Waals surface area contributed by atoms with Crippen LogP contribution in [0.15, 0.2) is 29.3 Å². The fourth-order valence-electron chi connectivity index (χ4n) is 1.83. The molecule has 0 aliphatic heterocycles. The predicted octanol–water partition coefficient (Wildman–Crippen LogP) is 3.46. The summed E-state index contributed by atoms with van der Waals surface area (Å²) in [4.78, 5) is 6.48. The van der Waals surface area contributed by atoms with Crippen molar-refractivity contribution in [1.82, 2.24) is 10.2 Å². The lowest BCUT2D eigenvalue weighted by molar-refractivity contribution is 0.414. The van der Waals surface area contributed by atoms with E-state index in [1.807, 2.05) is 38.0 Å². The number of methoxy groups -OCH3 is 1. The van der Waals surface area contributed by atoms with Gasteiger partial charge in [-0.3, -0.25) is 4.99 Å². The van der Waals surface area contributed by atoms with Gasteiger partial charge in [-0.15, -0.1) is 24.0 Å². The Bertz CT molecular complexity index is 463. The normalized spacial score (nSPS) is 11.6. The highest BCUT2D eigenvalue weighted by atomic mass is 127. The summed E-state index contributed by atoms with van der Waals surface area (Å²) in [5.41, 5.74) is 1.23. The van der Waals surface area contributed by atoms with Gasteiger partial charge in [-0.1, -0.05) is 12.1 Å². The first kappa shape index (κ1) is 21.4. The minimum absolute atomic E-state index is 0. The first-order valence-corrected chi connectivity index (χ1v) is 8.24. The third-order valence-electron chi connectivity index (χ3n) is 3.38. The van der Waals surface area contributed by atoms with Crippen molar-refractivity contribution >= 4 is 41.7 Å². The topological polar surface area (TPSA) is 36.9 Å². The molecule has 6 heteroatoms. The molecule has 0 atom stereocenters. The maximum absolute atomic E-state index is 5.18. The lowest BCUT2D eigenvalue weighted by Gasteiger charge is -2.27. The molecule has 1 rings (SSSR count). The minimum Gasteiger partial charge on any atom is -0.497 e. The van der Waals surface area contributed by atoms with Crippen LogP contribution in [0.4, 0.5) is 0 Å². The van der Waals surface area contributed by atoms with Crippen LogP contribution in [0.1, 0.15) is 19.4 Å². The monoisotopic (exact) mass is 437 g/mol. The van der Waals surface area contributed by atoms with Gasteiger partial charge in [-0.2, -0.15) is 11.8 Å². The van der Waals surface area contributed by atoms with Gasteiger partial charge < -0.3 is 15.0 Å². The van der Waals surface area contributed by atoms with E-state index in [0.717, 1.165) is 24.8 Å². The van der Waals surface area contributed by atoms with Crippen molar-refractivity contribution in [2.45, 2.75) is 25.1 Å². The SMILES string of the molecule is CN=C(NCC(C)(C)SC)N(C)Cc1ccc(OC)cc1.I. The zero-order valence-corrected chi connectivity index (χ0v) is 17.5. The van der Waals surface area contributed by atoms with Crippen LogP contribution in [0.2, 0.25) is 0 Å². The quantitative estimate of drug-likeness (QED) is 0.420. The second-order valence-corrected chi connectivity index (χ2v) is 7.08. The highest BCUT2D eigenvalue weighted by molar-refractivity contribution is 14.0. The Morgan fingerprint density at radius 3 is 2.36 bits per heavy atom. The minimum atomic E-state index is 0. The number of benzene rings is 1. The molecule has 0 unspecified atom stereocenters. The van der Waals surface area contributed by atoms with Gasteiger partial charge in [0.1, 0.15) is 5.75 Å². The molecule has 0 aliphatic rings. The van der Waals surface area contributed by atoms with Gasteiger partial charge >= 0.3 is 0 Å². The van der Waals surface area contributed by atoms with Crippen molar-refractivity contribution in [1.29, 1.82) is 0 Å². The number of aliphatic imine (C=N–C) groups is 1. The number of rotatable bonds is 6. The van der Waals surface area contributed by atoms with Crippen molar-refractivity contribution in [3.05, 3.63) is 29.8 Å². The van der Waals surface area contributed by atoms with Gasteiger partial charge in [0.05, 0.1) is 7.11 Å². The van der Waals surface area contributed by atoms with Crippen molar-refractivity contribution in [2.75, 3.05) is 34.0 Å². The van der Waals surface area contributed by atoms with Crippen LogP contribution < -0.4 is 10.1 Å². The van der Waals surface area contributed by atoms with Crippen molar-refractivity contribution in [2.24, 2.45) is 4.99 Å². The van der Waals surface area contributed by atoms with Crippen molar-refractivity contribution in [3.8, 4) is 5.75 Å². The lowest BCUT2D eigenvalue weighted by Crippen LogP contribution is -2.43. The maximum atomic E-state index is 5.18. The molecule has 126 valence electrons. The van der Waals surface area contributed by atoms with Gasteiger partial charge in [-0.25, -0.2) is 0 Å². The second-order valence-electron chi connectivity index (χ2n) is 5.57. The number of guanidine groups is 1. The molecule has 1 aromatic rings. The molecule has 0 saturated carbocycles. The molecule has 0 aromatic heterocycles. The first-order chi connectivity index (χ1) is 9.91. The van der Waals surface area contributed by atoms with Crippen molar-refractivity contribution in [3.63, 3.8) is 0 Å². The molecule has 0 saturated heterocycles. The van der Waals surface area contributed by atoms with Gasteiger partial charge in [0.25, 0.3) is 0 Å². The number of nitrogens with one attached hydrogen (secondary N) is 1. The van der Waals surface area contributed by atoms with Gasteiger partial charge in [0.2, 0.25) is 0 Å². The number of ether oxygens (including phenoxy) is 1. The van der Waals surface area contributed by atoms with E-state index in [-0.39, 0.29) is 28.7 Å². The average molecular weight is 437 g/mol. The molecule has 1 aromatic carbocycles. The van der Waals surface area contributed by atoms with E-state index in [4.69, 9.17) is 4.74 Å².